The van der Waals surface area contributed by atoms with Gasteiger partial charge in [-0.15, -0.1) is 11.3 Å². The van der Waals surface area contributed by atoms with Gasteiger partial charge in [-0.3, -0.25) is 9.59 Å². The number of amides is 2. The van der Waals surface area contributed by atoms with Crippen LogP contribution in [-0.4, -0.2) is 45.9 Å². The average molecular weight is 429 g/mol. The van der Waals surface area contributed by atoms with E-state index in [1.54, 1.807) is 18.5 Å². The van der Waals surface area contributed by atoms with Crippen LogP contribution in [0.1, 0.15) is 16.9 Å². The number of ether oxygens (including phenoxy) is 1. The standard InChI is InChI=1S/C19H16FN5O4S/c20-12-2-4-13(5-3-12)25(9-6-15(21)26)16(27)10-29-19(28)14-11-30-18(24-14)17-22-7-1-8-23-17/h1-5,7-8,11H,6,9-10H2,(H2,21,26). The number of hydrogen-bond acceptors (Lipinski definition) is 8. The number of anilines is 1. The first-order chi connectivity index (χ1) is 14.4. The lowest BCUT2D eigenvalue weighted by molar-refractivity contribution is -0.121. The number of thiazole rings is 1. The summed E-state index contributed by atoms with van der Waals surface area (Å²) in [6.45, 7) is -0.632. The minimum atomic E-state index is -0.796. The predicted octanol–water partition coefficient (Wildman–Crippen LogP) is 1.80. The molecule has 0 atom stereocenters. The van der Waals surface area contributed by atoms with Crippen LogP contribution in [0.25, 0.3) is 10.8 Å². The van der Waals surface area contributed by atoms with Crippen LogP contribution in [0.4, 0.5) is 10.1 Å². The molecule has 154 valence electrons. The summed E-state index contributed by atoms with van der Waals surface area (Å²) in [4.78, 5) is 49.3. The summed E-state index contributed by atoms with van der Waals surface area (Å²) in [6, 6.07) is 6.76. The number of aromatic nitrogens is 3. The predicted molar refractivity (Wildman–Crippen MR) is 106 cm³/mol. The molecular weight excluding hydrogens is 413 g/mol. The molecule has 0 radical (unpaired) electrons. The molecular formula is C19H16FN5O4S. The Bertz CT molecular complexity index is 1040. The highest BCUT2D eigenvalue weighted by Gasteiger charge is 2.20. The molecule has 9 nitrogen and oxygen atoms in total. The second kappa shape index (κ2) is 9.65. The molecule has 2 heterocycles. The van der Waals surface area contributed by atoms with Crippen LogP contribution in [0, 0.1) is 5.82 Å². The zero-order valence-corrected chi connectivity index (χ0v) is 16.3. The summed E-state index contributed by atoms with van der Waals surface area (Å²) in [5.74, 6) is -2.11. The molecule has 0 aliphatic heterocycles. The van der Waals surface area contributed by atoms with Crippen molar-refractivity contribution in [1.82, 2.24) is 15.0 Å². The molecule has 0 saturated heterocycles. The summed E-state index contributed by atoms with van der Waals surface area (Å²) in [6.07, 6.45) is 3.00. The molecule has 0 fully saturated rings. The number of carbonyl (C=O) groups excluding carboxylic acids is 3. The molecule has 0 spiro atoms. The van der Waals surface area contributed by atoms with E-state index in [-0.39, 0.29) is 18.7 Å². The monoisotopic (exact) mass is 429 g/mol. The van der Waals surface area contributed by atoms with Gasteiger partial charge < -0.3 is 15.4 Å². The Kier molecular flexibility index (Phi) is 6.75. The van der Waals surface area contributed by atoms with E-state index in [1.165, 1.54) is 34.5 Å². The van der Waals surface area contributed by atoms with Crippen LogP contribution in [0.15, 0.2) is 48.1 Å². The third kappa shape index (κ3) is 5.41. The summed E-state index contributed by atoms with van der Waals surface area (Å²) >= 11 is 1.16. The molecule has 30 heavy (non-hydrogen) atoms. The molecule has 2 N–H and O–H groups in total. The van der Waals surface area contributed by atoms with Crippen LogP contribution in [-0.2, 0) is 14.3 Å². The number of nitrogens with two attached hydrogens (primary N) is 1. The molecule has 0 aliphatic carbocycles. The van der Waals surface area contributed by atoms with Crippen molar-refractivity contribution in [3.8, 4) is 10.8 Å². The van der Waals surface area contributed by atoms with Crippen molar-refractivity contribution in [2.24, 2.45) is 5.73 Å². The number of rotatable bonds is 8. The molecule has 0 unspecified atom stereocenters. The highest BCUT2D eigenvalue weighted by atomic mass is 32.1. The number of primary amides is 1. The van der Waals surface area contributed by atoms with E-state index in [1.807, 2.05) is 0 Å². The lowest BCUT2D eigenvalue weighted by Gasteiger charge is -2.22. The third-order valence-electron chi connectivity index (χ3n) is 3.82. The van der Waals surface area contributed by atoms with Gasteiger partial charge in [0.2, 0.25) is 5.91 Å². The maximum Gasteiger partial charge on any atom is 0.358 e. The first kappa shape index (κ1) is 21.0. The Morgan fingerprint density at radius 2 is 1.83 bits per heavy atom. The van der Waals surface area contributed by atoms with Crippen molar-refractivity contribution >= 4 is 34.8 Å². The van der Waals surface area contributed by atoms with Crippen molar-refractivity contribution in [3.63, 3.8) is 0 Å². The first-order valence-electron chi connectivity index (χ1n) is 8.68. The quantitative estimate of drug-likeness (QED) is 0.541. The Hall–Kier alpha value is -3.73. The van der Waals surface area contributed by atoms with Crippen LogP contribution in [0.2, 0.25) is 0 Å². The van der Waals surface area contributed by atoms with Crippen LogP contribution < -0.4 is 10.6 Å². The first-order valence-corrected chi connectivity index (χ1v) is 9.56. The van der Waals surface area contributed by atoms with Gasteiger partial charge in [-0.2, -0.15) is 0 Å². The van der Waals surface area contributed by atoms with Gasteiger partial charge in [0.1, 0.15) is 5.82 Å². The zero-order valence-electron chi connectivity index (χ0n) is 15.5. The highest BCUT2D eigenvalue weighted by Crippen LogP contribution is 2.20. The van der Waals surface area contributed by atoms with E-state index in [4.69, 9.17) is 10.5 Å². The average Bonchev–Trinajstić information content (AvgIpc) is 3.24. The van der Waals surface area contributed by atoms with E-state index in [9.17, 15) is 18.8 Å². The highest BCUT2D eigenvalue weighted by molar-refractivity contribution is 7.13. The fraction of sp³-hybridized carbons (Fsp3) is 0.158. The number of hydrogen-bond donors (Lipinski definition) is 1. The summed E-state index contributed by atoms with van der Waals surface area (Å²) < 4.78 is 18.2. The molecule has 0 bridgehead atoms. The van der Waals surface area contributed by atoms with Crippen LogP contribution in [0.5, 0.6) is 0 Å². The molecule has 0 aliphatic rings. The minimum Gasteiger partial charge on any atom is -0.451 e. The SMILES string of the molecule is NC(=O)CCN(C(=O)COC(=O)c1csc(-c2ncccn2)n1)c1ccc(F)cc1. The van der Waals surface area contributed by atoms with Gasteiger partial charge in [-0.25, -0.2) is 24.1 Å². The molecule has 3 aromatic rings. The third-order valence-corrected chi connectivity index (χ3v) is 4.66. The van der Waals surface area contributed by atoms with Crippen LogP contribution in [0.3, 0.4) is 0 Å². The second-order valence-corrected chi connectivity index (χ2v) is 6.78. The fourth-order valence-corrected chi connectivity index (χ4v) is 3.13. The fourth-order valence-electron chi connectivity index (χ4n) is 2.40. The van der Waals surface area contributed by atoms with E-state index in [2.05, 4.69) is 15.0 Å². The minimum absolute atomic E-state index is 0.0146. The van der Waals surface area contributed by atoms with E-state index >= 15 is 0 Å². The van der Waals surface area contributed by atoms with Gasteiger partial charge in [-0.1, -0.05) is 0 Å². The second-order valence-electron chi connectivity index (χ2n) is 5.92. The maximum atomic E-state index is 13.2. The van der Waals surface area contributed by atoms with Gasteiger partial charge in [0, 0.05) is 36.4 Å². The molecule has 2 amide bonds. The smallest absolute Gasteiger partial charge is 0.358 e. The largest absolute Gasteiger partial charge is 0.451 e. The van der Waals surface area contributed by atoms with Gasteiger partial charge in [0.05, 0.1) is 0 Å². The Morgan fingerprint density at radius 1 is 1.13 bits per heavy atom. The maximum absolute atomic E-state index is 13.2. The van der Waals surface area contributed by atoms with Gasteiger partial charge in [0.15, 0.2) is 23.1 Å². The zero-order chi connectivity index (χ0) is 21.5. The Labute approximate surface area is 174 Å². The van der Waals surface area contributed by atoms with Gasteiger partial charge in [0.25, 0.3) is 5.91 Å². The van der Waals surface area contributed by atoms with Crippen LogP contribution >= 0.6 is 11.3 Å². The lowest BCUT2D eigenvalue weighted by atomic mass is 10.2. The molecule has 3 rings (SSSR count). The summed E-state index contributed by atoms with van der Waals surface area (Å²) in [5.41, 5.74) is 5.51. The topological polar surface area (TPSA) is 128 Å². The van der Waals surface area contributed by atoms with Gasteiger partial charge >= 0.3 is 5.97 Å². The number of carbonyl (C=O) groups is 3. The van der Waals surface area contributed by atoms with E-state index < -0.39 is 30.2 Å². The molecule has 1 aromatic carbocycles. The number of benzene rings is 1. The lowest BCUT2D eigenvalue weighted by Crippen LogP contribution is -2.37. The number of nitrogens with zero attached hydrogens (tertiary/aromatic N) is 4. The molecule has 2 aromatic heterocycles. The Morgan fingerprint density at radius 3 is 2.50 bits per heavy atom. The number of esters is 1. The van der Waals surface area contributed by atoms with Crippen molar-refractivity contribution < 1.29 is 23.5 Å². The van der Waals surface area contributed by atoms with Crippen molar-refractivity contribution in [2.75, 3.05) is 18.1 Å². The van der Waals surface area contributed by atoms with Crippen molar-refractivity contribution in [2.45, 2.75) is 6.42 Å². The Balaban J connectivity index is 1.65. The normalized spacial score (nSPS) is 10.4. The molecule has 0 saturated carbocycles. The van der Waals surface area contributed by atoms with E-state index in [0.29, 0.717) is 16.5 Å². The molecule has 11 heteroatoms. The van der Waals surface area contributed by atoms with Crippen molar-refractivity contribution in [3.05, 3.63) is 59.6 Å². The van der Waals surface area contributed by atoms with E-state index in [0.717, 1.165) is 11.3 Å². The summed E-state index contributed by atoms with van der Waals surface area (Å²) in [5, 5.41) is 1.91. The summed E-state index contributed by atoms with van der Waals surface area (Å²) in [7, 11) is 0. The number of halogens is 1. The van der Waals surface area contributed by atoms with Gasteiger partial charge in [-0.05, 0) is 30.3 Å². The van der Waals surface area contributed by atoms with Crippen molar-refractivity contribution in [1.29, 1.82) is 0 Å².